The molecule has 1 atom stereocenters. The van der Waals surface area contributed by atoms with Crippen molar-refractivity contribution in [2.24, 2.45) is 0 Å². The molecular formula is C13H12FN3O3. The van der Waals surface area contributed by atoms with Crippen LogP contribution in [0.1, 0.15) is 31.5 Å². The summed E-state index contributed by atoms with van der Waals surface area (Å²) < 4.78 is 29.0. The van der Waals surface area contributed by atoms with Gasteiger partial charge < -0.3 is 10.6 Å². The Morgan fingerprint density at radius 1 is 1.40 bits per heavy atom. The van der Waals surface area contributed by atoms with Crippen LogP contribution in [-0.4, -0.2) is 28.7 Å². The lowest BCUT2D eigenvalue weighted by atomic mass is 10.0. The number of nitrogen functional groups attached to an aromatic ring is 1. The van der Waals surface area contributed by atoms with Gasteiger partial charge >= 0.3 is 0 Å². The molecule has 2 heterocycles. The van der Waals surface area contributed by atoms with Crippen LogP contribution in [-0.2, 0) is 16.1 Å². The first-order chi connectivity index (χ1) is 10.3. The van der Waals surface area contributed by atoms with Gasteiger partial charge in [0.1, 0.15) is 11.9 Å². The molecule has 6 nitrogen and oxygen atoms in total. The summed E-state index contributed by atoms with van der Waals surface area (Å²) in [6.45, 7) is -0.0791. The summed E-state index contributed by atoms with van der Waals surface area (Å²) in [5.41, 5.74) is 5.44. The van der Waals surface area contributed by atoms with Gasteiger partial charge in [0.15, 0.2) is 0 Å². The van der Waals surface area contributed by atoms with Crippen LogP contribution < -0.4 is 11.1 Å². The number of hydrogen-bond acceptors (Lipinski definition) is 4. The van der Waals surface area contributed by atoms with Gasteiger partial charge in [0.2, 0.25) is 11.8 Å². The number of nitrogens with two attached hydrogens (primary N) is 1. The van der Waals surface area contributed by atoms with Crippen LogP contribution in [0.3, 0.4) is 0 Å². The van der Waals surface area contributed by atoms with Crippen molar-refractivity contribution < 1.29 is 21.5 Å². The Hall–Kier alpha value is -2.44. The number of carbonyl (C=O) groups is 3. The number of carbonyl (C=O) groups excluding carboxylic acids is 3. The van der Waals surface area contributed by atoms with E-state index < -0.39 is 41.7 Å². The molecule has 0 aliphatic carbocycles. The van der Waals surface area contributed by atoms with Crippen LogP contribution in [0.25, 0.3) is 0 Å². The van der Waals surface area contributed by atoms with Crippen LogP contribution in [0.4, 0.5) is 10.1 Å². The number of fused-ring (bicyclic) bond motifs is 1. The number of piperidine rings is 1. The molecule has 3 amide bonds. The Morgan fingerprint density at radius 2 is 2.15 bits per heavy atom. The number of nitrogens with zero attached hydrogens (tertiary/aromatic N) is 1. The molecule has 104 valence electrons. The molecule has 0 bridgehead atoms. The summed E-state index contributed by atoms with van der Waals surface area (Å²) >= 11 is 0. The number of hydrogen-bond donors (Lipinski definition) is 2. The highest BCUT2D eigenvalue weighted by Gasteiger charge is 2.39. The Labute approximate surface area is 116 Å². The first-order valence-electron chi connectivity index (χ1n) is 7.04. The van der Waals surface area contributed by atoms with E-state index in [1.165, 1.54) is 4.90 Å². The lowest BCUT2D eigenvalue weighted by Crippen LogP contribution is -2.52. The smallest absolute Gasteiger partial charge is 0.255 e. The quantitative estimate of drug-likeness (QED) is 0.566. The van der Waals surface area contributed by atoms with Crippen LogP contribution in [0, 0.1) is 5.82 Å². The number of anilines is 1. The Balaban J connectivity index is 2.02. The number of halogens is 1. The third-order valence-electron chi connectivity index (χ3n) is 3.50. The van der Waals surface area contributed by atoms with Crippen molar-refractivity contribution in [1.29, 1.82) is 0 Å². The maximum atomic E-state index is 13.8. The van der Waals surface area contributed by atoms with Gasteiger partial charge in [0.25, 0.3) is 5.91 Å². The number of amides is 3. The summed E-state index contributed by atoms with van der Waals surface area (Å²) in [6.07, 6.45) is 0.256. The fourth-order valence-corrected chi connectivity index (χ4v) is 2.51. The first kappa shape index (κ1) is 10.4. The molecule has 0 radical (unpaired) electrons. The fourth-order valence-electron chi connectivity index (χ4n) is 2.51. The number of imide groups is 1. The summed E-state index contributed by atoms with van der Waals surface area (Å²) in [5, 5.41) is 2.14. The summed E-state index contributed by atoms with van der Waals surface area (Å²) in [7, 11) is 0. The van der Waals surface area contributed by atoms with Crippen molar-refractivity contribution in [2.75, 3.05) is 5.73 Å². The summed E-state index contributed by atoms with van der Waals surface area (Å²) in [4.78, 5) is 36.6. The zero-order valence-corrected chi connectivity index (χ0v) is 10.3. The Kier molecular flexibility index (Phi) is 2.22. The predicted molar refractivity (Wildman–Crippen MR) is 66.9 cm³/mol. The SMILES string of the molecule is [2H]c1c(N)c2c(c([2H])c1F)C(=O)N([C@H]1CCC(=O)NC1=O)C2. The van der Waals surface area contributed by atoms with Crippen LogP contribution in [0.15, 0.2) is 12.1 Å². The number of nitrogens with one attached hydrogen (secondary N) is 1. The van der Waals surface area contributed by atoms with Crippen molar-refractivity contribution in [1.82, 2.24) is 10.2 Å². The highest BCUT2D eigenvalue weighted by molar-refractivity contribution is 6.06. The molecule has 1 fully saturated rings. The van der Waals surface area contributed by atoms with E-state index in [1.54, 1.807) is 0 Å². The van der Waals surface area contributed by atoms with E-state index >= 15 is 0 Å². The molecule has 3 N–H and O–H groups in total. The highest BCUT2D eigenvalue weighted by atomic mass is 19.1. The molecule has 0 spiro atoms. The molecule has 7 heteroatoms. The Bertz CT molecular complexity index is 738. The number of benzene rings is 1. The average Bonchev–Trinajstić information content (AvgIpc) is 2.81. The fraction of sp³-hybridized carbons (Fsp3) is 0.308. The second-order valence-corrected chi connectivity index (χ2v) is 4.73. The zero-order valence-electron chi connectivity index (χ0n) is 12.3. The van der Waals surface area contributed by atoms with Gasteiger partial charge in [-0.05, 0) is 18.5 Å². The van der Waals surface area contributed by atoms with Gasteiger partial charge in [-0.2, -0.15) is 0 Å². The van der Waals surface area contributed by atoms with E-state index in [9.17, 15) is 18.8 Å². The van der Waals surface area contributed by atoms with Crippen molar-refractivity contribution >= 4 is 23.4 Å². The van der Waals surface area contributed by atoms with Crippen molar-refractivity contribution in [3.05, 3.63) is 29.0 Å². The minimum Gasteiger partial charge on any atom is -0.398 e. The van der Waals surface area contributed by atoms with E-state index in [0.29, 0.717) is 0 Å². The van der Waals surface area contributed by atoms with Crippen molar-refractivity contribution in [3.8, 4) is 0 Å². The van der Waals surface area contributed by atoms with Gasteiger partial charge in [0, 0.05) is 29.8 Å². The minimum absolute atomic E-state index is 0.0791. The minimum atomic E-state index is -1.16. The number of rotatable bonds is 1. The van der Waals surface area contributed by atoms with Gasteiger partial charge in [-0.3, -0.25) is 19.7 Å². The maximum absolute atomic E-state index is 13.8. The van der Waals surface area contributed by atoms with Gasteiger partial charge in [-0.25, -0.2) is 4.39 Å². The van der Waals surface area contributed by atoms with Crippen LogP contribution in [0.2, 0.25) is 0 Å². The van der Waals surface area contributed by atoms with E-state index in [4.69, 9.17) is 8.48 Å². The molecule has 3 rings (SSSR count). The molecule has 2 aliphatic heterocycles. The molecular weight excluding hydrogens is 265 g/mol. The monoisotopic (exact) mass is 279 g/mol. The van der Waals surface area contributed by atoms with E-state index in [2.05, 4.69) is 5.32 Å². The van der Waals surface area contributed by atoms with E-state index in [1.807, 2.05) is 0 Å². The molecule has 20 heavy (non-hydrogen) atoms. The van der Waals surface area contributed by atoms with Gasteiger partial charge in [0.05, 0.1) is 2.74 Å². The normalized spacial score (nSPS) is 23.4. The largest absolute Gasteiger partial charge is 0.398 e. The average molecular weight is 279 g/mol. The lowest BCUT2D eigenvalue weighted by Gasteiger charge is -2.29. The van der Waals surface area contributed by atoms with Gasteiger partial charge in [-0.1, -0.05) is 0 Å². The van der Waals surface area contributed by atoms with Gasteiger partial charge in [-0.15, -0.1) is 0 Å². The van der Waals surface area contributed by atoms with E-state index in [-0.39, 0.29) is 36.2 Å². The van der Waals surface area contributed by atoms with Crippen molar-refractivity contribution in [3.63, 3.8) is 0 Å². The third-order valence-corrected chi connectivity index (χ3v) is 3.50. The lowest BCUT2D eigenvalue weighted by molar-refractivity contribution is -0.136. The molecule has 1 aromatic rings. The van der Waals surface area contributed by atoms with E-state index in [0.717, 1.165) is 0 Å². The molecule has 0 unspecified atom stereocenters. The maximum Gasteiger partial charge on any atom is 0.255 e. The molecule has 1 saturated heterocycles. The second-order valence-electron chi connectivity index (χ2n) is 4.73. The van der Waals surface area contributed by atoms with Crippen LogP contribution in [0.5, 0.6) is 0 Å². The predicted octanol–water partition coefficient (Wildman–Crippen LogP) is 0.169. The molecule has 1 aromatic carbocycles. The topological polar surface area (TPSA) is 92.5 Å². The standard InChI is InChI=1S/C13H12FN3O3/c14-6-3-7-8(9(15)4-6)5-17(13(7)20)10-1-2-11(18)16-12(10)19/h3-4,10H,1-2,5,15H2,(H,16,18,19)/t10-/m0/s1/i3D,4D. The molecule has 0 aromatic heterocycles. The van der Waals surface area contributed by atoms with Crippen molar-refractivity contribution in [2.45, 2.75) is 25.4 Å². The first-order valence-corrected chi connectivity index (χ1v) is 6.04. The third kappa shape index (κ3) is 1.82. The Morgan fingerprint density at radius 3 is 2.85 bits per heavy atom. The zero-order chi connectivity index (χ0) is 16.2. The summed E-state index contributed by atoms with van der Waals surface area (Å²) in [6, 6.07) is -2.18. The molecule has 0 saturated carbocycles. The molecule has 2 aliphatic rings. The van der Waals surface area contributed by atoms with Crippen LogP contribution >= 0.6 is 0 Å². The summed E-state index contributed by atoms with van der Waals surface area (Å²) in [5.74, 6) is -2.85. The highest BCUT2D eigenvalue weighted by Crippen LogP contribution is 2.31. The second kappa shape index (κ2) is 4.29.